The van der Waals surface area contributed by atoms with E-state index in [2.05, 4.69) is 10.1 Å². The zero-order valence-corrected chi connectivity index (χ0v) is 11.0. The molecule has 0 unspecified atom stereocenters. The lowest BCUT2D eigenvalue weighted by Gasteiger charge is -2.04. The smallest absolute Gasteiger partial charge is 0.223 e. The number of Topliss-reactive ketones (excluding diaryl/α,β-unsaturated/α-hetero) is 1. The molecule has 2 rings (SSSR count). The van der Waals surface area contributed by atoms with Gasteiger partial charge in [0.1, 0.15) is 11.5 Å². The second kappa shape index (κ2) is 6.13. The Hall–Kier alpha value is -2.17. The first-order valence-electron chi connectivity index (χ1n) is 6.14. The number of rotatable bonds is 6. The third-order valence-corrected chi connectivity index (χ3v) is 2.63. The Morgan fingerprint density at radius 2 is 2.05 bits per heavy atom. The molecule has 0 aliphatic rings. The van der Waals surface area contributed by atoms with Crippen molar-refractivity contribution in [2.24, 2.45) is 0 Å². The fourth-order valence-electron chi connectivity index (χ4n) is 1.62. The average Bonchev–Trinajstić information content (AvgIpc) is 2.81. The molecule has 1 heterocycles. The lowest BCUT2D eigenvalue weighted by molar-refractivity contribution is -0.116. The monoisotopic (exact) mass is 260 g/mol. The van der Waals surface area contributed by atoms with Gasteiger partial charge in [0.15, 0.2) is 6.61 Å². The molecular formula is C14H16N2O3. The van der Waals surface area contributed by atoms with E-state index in [1.54, 1.807) is 13.8 Å². The average molecular weight is 260 g/mol. The van der Waals surface area contributed by atoms with Gasteiger partial charge in [0.05, 0.1) is 0 Å². The third kappa shape index (κ3) is 4.21. The Labute approximate surface area is 111 Å². The number of ether oxygens (including phenoxy) is 1. The summed E-state index contributed by atoms with van der Waals surface area (Å²) in [6, 6.07) is 7.67. The van der Waals surface area contributed by atoms with Gasteiger partial charge in [-0.15, -0.1) is 0 Å². The number of hydrogen-bond acceptors (Lipinski definition) is 5. The molecule has 2 aromatic rings. The molecule has 0 bridgehead atoms. The summed E-state index contributed by atoms with van der Waals surface area (Å²) < 4.78 is 10.4. The van der Waals surface area contributed by atoms with E-state index in [-0.39, 0.29) is 12.4 Å². The van der Waals surface area contributed by atoms with Crippen molar-refractivity contribution in [2.45, 2.75) is 33.3 Å². The molecule has 5 nitrogen and oxygen atoms in total. The van der Waals surface area contributed by atoms with Gasteiger partial charge in [-0.1, -0.05) is 17.3 Å². The van der Waals surface area contributed by atoms with Crippen molar-refractivity contribution >= 4 is 5.78 Å². The van der Waals surface area contributed by atoms with Crippen molar-refractivity contribution < 1.29 is 14.1 Å². The van der Waals surface area contributed by atoms with Crippen LogP contribution in [0.25, 0.3) is 0 Å². The highest BCUT2D eigenvalue weighted by Crippen LogP contribution is 2.14. The Morgan fingerprint density at radius 3 is 2.63 bits per heavy atom. The van der Waals surface area contributed by atoms with E-state index in [4.69, 9.17) is 9.26 Å². The summed E-state index contributed by atoms with van der Waals surface area (Å²) in [6.07, 6.45) is 1.34. The maximum absolute atomic E-state index is 10.9. The predicted molar refractivity (Wildman–Crippen MR) is 68.8 cm³/mol. The van der Waals surface area contributed by atoms with Crippen molar-refractivity contribution in [3.8, 4) is 5.75 Å². The van der Waals surface area contributed by atoms with Crippen molar-refractivity contribution in [3.63, 3.8) is 0 Å². The van der Waals surface area contributed by atoms with Gasteiger partial charge in [0.2, 0.25) is 11.7 Å². The summed E-state index contributed by atoms with van der Waals surface area (Å²) in [7, 11) is 0. The van der Waals surface area contributed by atoms with Crippen LogP contribution in [-0.2, 0) is 17.8 Å². The van der Waals surface area contributed by atoms with Crippen LogP contribution in [-0.4, -0.2) is 15.9 Å². The van der Waals surface area contributed by atoms with Crippen LogP contribution < -0.4 is 4.74 Å². The number of ketones is 1. The first-order chi connectivity index (χ1) is 9.13. The van der Waals surface area contributed by atoms with Gasteiger partial charge in [-0.3, -0.25) is 0 Å². The zero-order valence-electron chi connectivity index (χ0n) is 11.0. The molecule has 0 spiro atoms. The fourth-order valence-corrected chi connectivity index (χ4v) is 1.62. The second-order valence-electron chi connectivity index (χ2n) is 4.36. The number of carbonyl (C=O) groups is 1. The molecular weight excluding hydrogens is 244 g/mol. The molecule has 5 heteroatoms. The van der Waals surface area contributed by atoms with E-state index in [1.807, 2.05) is 24.3 Å². The fraction of sp³-hybridized carbons (Fsp3) is 0.357. The molecule has 0 saturated heterocycles. The summed E-state index contributed by atoms with van der Waals surface area (Å²) >= 11 is 0. The predicted octanol–water partition coefficient (Wildman–Crippen LogP) is 2.48. The van der Waals surface area contributed by atoms with Crippen LogP contribution in [0.15, 0.2) is 28.8 Å². The standard InChI is InChI=1S/C14H16N2O3/c1-10(17)3-4-12-5-7-13(8-6-12)18-9-14-15-11(2)19-16-14/h5-8H,3-4,9H2,1-2H3. The van der Waals surface area contributed by atoms with Crippen molar-refractivity contribution in [1.29, 1.82) is 0 Å². The molecule has 100 valence electrons. The number of nitrogens with zero attached hydrogens (tertiary/aromatic N) is 2. The van der Waals surface area contributed by atoms with E-state index in [9.17, 15) is 4.79 Å². The maximum Gasteiger partial charge on any atom is 0.223 e. The molecule has 0 aliphatic carbocycles. The number of aryl methyl sites for hydroxylation is 2. The molecule has 0 radical (unpaired) electrons. The highest BCUT2D eigenvalue weighted by atomic mass is 16.5. The van der Waals surface area contributed by atoms with Crippen LogP contribution in [0.4, 0.5) is 0 Å². The Bertz CT molecular complexity index is 546. The van der Waals surface area contributed by atoms with Crippen LogP contribution in [0.5, 0.6) is 5.75 Å². The Balaban J connectivity index is 1.86. The Morgan fingerprint density at radius 1 is 1.32 bits per heavy atom. The summed E-state index contributed by atoms with van der Waals surface area (Å²) in [5.41, 5.74) is 1.12. The number of carbonyl (C=O) groups excluding carboxylic acids is 1. The largest absolute Gasteiger partial charge is 0.485 e. The first kappa shape index (κ1) is 13.3. The van der Waals surface area contributed by atoms with Crippen LogP contribution in [0, 0.1) is 6.92 Å². The number of aromatic nitrogens is 2. The van der Waals surface area contributed by atoms with Crippen LogP contribution in [0.2, 0.25) is 0 Å². The molecule has 0 amide bonds. The summed E-state index contributed by atoms with van der Waals surface area (Å²) in [6.45, 7) is 3.62. The normalized spacial score (nSPS) is 10.4. The van der Waals surface area contributed by atoms with Gasteiger partial charge < -0.3 is 14.1 Å². The van der Waals surface area contributed by atoms with E-state index in [0.29, 0.717) is 18.1 Å². The Kier molecular flexibility index (Phi) is 4.28. The van der Waals surface area contributed by atoms with E-state index in [0.717, 1.165) is 17.7 Å². The van der Waals surface area contributed by atoms with Crippen molar-refractivity contribution in [3.05, 3.63) is 41.5 Å². The minimum atomic E-state index is 0.202. The first-order valence-corrected chi connectivity index (χ1v) is 6.14. The van der Waals surface area contributed by atoms with E-state index < -0.39 is 0 Å². The lowest BCUT2D eigenvalue weighted by atomic mass is 10.1. The highest BCUT2D eigenvalue weighted by molar-refractivity contribution is 5.75. The van der Waals surface area contributed by atoms with E-state index in [1.165, 1.54) is 0 Å². The molecule has 1 aromatic carbocycles. The summed E-state index contributed by atoms with van der Waals surface area (Å²) in [5, 5.41) is 3.75. The van der Waals surface area contributed by atoms with E-state index >= 15 is 0 Å². The maximum atomic E-state index is 10.9. The SMILES string of the molecule is CC(=O)CCc1ccc(OCc2noc(C)n2)cc1. The molecule has 0 fully saturated rings. The third-order valence-electron chi connectivity index (χ3n) is 2.63. The minimum absolute atomic E-state index is 0.202. The van der Waals surface area contributed by atoms with Gasteiger partial charge in [-0.05, 0) is 31.0 Å². The minimum Gasteiger partial charge on any atom is -0.485 e. The second-order valence-corrected chi connectivity index (χ2v) is 4.36. The van der Waals surface area contributed by atoms with Gasteiger partial charge in [0.25, 0.3) is 0 Å². The zero-order chi connectivity index (χ0) is 13.7. The molecule has 0 aliphatic heterocycles. The summed E-state index contributed by atoms with van der Waals surface area (Å²) in [4.78, 5) is 14.9. The molecule has 0 atom stereocenters. The topological polar surface area (TPSA) is 65.2 Å². The van der Waals surface area contributed by atoms with Gasteiger partial charge >= 0.3 is 0 Å². The summed E-state index contributed by atoms with van der Waals surface area (Å²) in [5.74, 6) is 2.00. The number of benzene rings is 1. The van der Waals surface area contributed by atoms with Crippen molar-refractivity contribution in [2.75, 3.05) is 0 Å². The van der Waals surface area contributed by atoms with Crippen LogP contribution in [0.3, 0.4) is 0 Å². The lowest BCUT2D eigenvalue weighted by Crippen LogP contribution is -1.98. The number of hydrogen-bond donors (Lipinski definition) is 0. The molecule has 19 heavy (non-hydrogen) atoms. The van der Waals surface area contributed by atoms with Crippen LogP contribution >= 0.6 is 0 Å². The molecule has 0 saturated carbocycles. The quantitative estimate of drug-likeness (QED) is 0.798. The van der Waals surface area contributed by atoms with Crippen molar-refractivity contribution in [1.82, 2.24) is 10.1 Å². The molecule has 0 N–H and O–H groups in total. The van der Waals surface area contributed by atoms with Gasteiger partial charge in [-0.25, -0.2) is 0 Å². The highest BCUT2D eigenvalue weighted by Gasteiger charge is 2.03. The van der Waals surface area contributed by atoms with Gasteiger partial charge in [-0.2, -0.15) is 4.98 Å². The van der Waals surface area contributed by atoms with Gasteiger partial charge in [0, 0.05) is 13.3 Å². The van der Waals surface area contributed by atoms with Crippen LogP contribution in [0.1, 0.15) is 30.6 Å². The molecule has 1 aromatic heterocycles.